The second kappa shape index (κ2) is 7.08. The average Bonchev–Trinajstić information content (AvgIpc) is 2.43. The number of hydrogen-bond acceptors (Lipinski definition) is 5. The Hall–Kier alpha value is -1.65. The SMILES string of the molecule is CC(=O)OC[C@@]12CC[C@@H](C(C)C)[C@@H](OC(C)=O)[C@@H]1C(C)=CC(=O)C2. The summed E-state index contributed by atoms with van der Waals surface area (Å²) >= 11 is 0. The van der Waals surface area contributed by atoms with Crippen LogP contribution in [-0.2, 0) is 23.9 Å². The first-order valence-electron chi connectivity index (χ1n) is 8.68. The van der Waals surface area contributed by atoms with Crippen LogP contribution in [0.1, 0.15) is 53.9 Å². The van der Waals surface area contributed by atoms with Gasteiger partial charge in [-0.15, -0.1) is 0 Å². The van der Waals surface area contributed by atoms with Crippen molar-refractivity contribution in [1.29, 1.82) is 0 Å². The number of esters is 2. The Kier molecular flexibility index (Phi) is 5.51. The summed E-state index contributed by atoms with van der Waals surface area (Å²) in [6, 6.07) is 0. The largest absolute Gasteiger partial charge is 0.465 e. The first-order chi connectivity index (χ1) is 11.2. The first kappa shape index (κ1) is 18.7. The van der Waals surface area contributed by atoms with Crippen LogP contribution < -0.4 is 0 Å². The molecule has 0 bridgehead atoms. The van der Waals surface area contributed by atoms with Gasteiger partial charge in [0.1, 0.15) is 6.10 Å². The zero-order valence-corrected chi connectivity index (χ0v) is 15.3. The predicted molar refractivity (Wildman–Crippen MR) is 89.1 cm³/mol. The molecule has 0 amide bonds. The van der Waals surface area contributed by atoms with E-state index in [0.29, 0.717) is 12.3 Å². The molecule has 0 aromatic heterocycles. The van der Waals surface area contributed by atoms with Crippen LogP contribution in [-0.4, -0.2) is 30.4 Å². The molecule has 0 unspecified atom stereocenters. The highest BCUT2D eigenvalue weighted by molar-refractivity contribution is 5.92. The van der Waals surface area contributed by atoms with Gasteiger partial charge in [-0.2, -0.15) is 0 Å². The summed E-state index contributed by atoms with van der Waals surface area (Å²) in [6.07, 6.45) is 3.37. The van der Waals surface area contributed by atoms with E-state index >= 15 is 0 Å². The van der Waals surface area contributed by atoms with E-state index in [1.807, 2.05) is 6.92 Å². The molecule has 24 heavy (non-hydrogen) atoms. The molecule has 4 atom stereocenters. The second-order valence-corrected chi connectivity index (χ2v) is 7.67. The summed E-state index contributed by atoms with van der Waals surface area (Å²) in [5, 5.41) is 0. The van der Waals surface area contributed by atoms with Gasteiger partial charge in [-0.05, 0) is 37.7 Å². The molecule has 0 aromatic rings. The van der Waals surface area contributed by atoms with E-state index < -0.39 is 5.41 Å². The first-order valence-corrected chi connectivity index (χ1v) is 8.68. The third-order valence-electron chi connectivity index (χ3n) is 5.51. The summed E-state index contributed by atoms with van der Waals surface area (Å²) in [6.45, 7) is 9.19. The van der Waals surface area contributed by atoms with E-state index in [1.165, 1.54) is 13.8 Å². The molecule has 0 N–H and O–H groups in total. The van der Waals surface area contributed by atoms with Crippen molar-refractivity contribution >= 4 is 17.7 Å². The quantitative estimate of drug-likeness (QED) is 0.738. The number of hydrogen-bond donors (Lipinski definition) is 0. The van der Waals surface area contributed by atoms with Crippen LogP contribution in [0.5, 0.6) is 0 Å². The van der Waals surface area contributed by atoms with E-state index in [9.17, 15) is 14.4 Å². The zero-order valence-electron chi connectivity index (χ0n) is 15.3. The summed E-state index contributed by atoms with van der Waals surface area (Å²) in [5.74, 6) is -0.0797. The molecule has 1 saturated carbocycles. The normalized spacial score (nSPS) is 32.8. The Morgan fingerprint density at radius 2 is 1.96 bits per heavy atom. The zero-order chi connectivity index (χ0) is 18.1. The Morgan fingerprint density at radius 3 is 2.50 bits per heavy atom. The lowest BCUT2D eigenvalue weighted by molar-refractivity contribution is -0.172. The van der Waals surface area contributed by atoms with Crippen molar-refractivity contribution in [3.8, 4) is 0 Å². The van der Waals surface area contributed by atoms with E-state index in [4.69, 9.17) is 9.47 Å². The van der Waals surface area contributed by atoms with Gasteiger partial charge in [-0.3, -0.25) is 14.4 Å². The minimum absolute atomic E-state index is 0.0560. The fourth-order valence-electron chi connectivity index (χ4n) is 4.57. The van der Waals surface area contributed by atoms with Gasteiger partial charge in [0.15, 0.2) is 5.78 Å². The second-order valence-electron chi connectivity index (χ2n) is 7.67. The molecule has 0 saturated heterocycles. The molecule has 0 aliphatic heterocycles. The molecule has 0 spiro atoms. The van der Waals surface area contributed by atoms with Crippen LogP contribution in [0, 0.1) is 23.2 Å². The Bertz CT molecular complexity index is 562. The van der Waals surface area contributed by atoms with Gasteiger partial charge in [0.05, 0.1) is 6.61 Å². The number of fused-ring (bicyclic) bond motifs is 1. The molecule has 0 aromatic carbocycles. The third-order valence-corrected chi connectivity index (χ3v) is 5.51. The maximum Gasteiger partial charge on any atom is 0.302 e. The van der Waals surface area contributed by atoms with E-state index in [0.717, 1.165) is 18.4 Å². The van der Waals surface area contributed by atoms with Gasteiger partial charge in [0.25, 0.3) is 0 Å². The van der Waals surface area contributed by atoms with Crippen molar-refractivity contribution in [2.24, 2.45) is 23.2 Å². The van der Waals surface area contributed by atoms with Crippen LogP contribution in [0.4, 0.5) is 0 Å². The van der Waals surface area contributed by atoms with Gasteiger partial charge >= 0.3 is 11.9 Å². The molecular formula is C19H28O5. The molecule has 134 valence electrons. The maximum atomic E-state index is 12.2. The van der Waals surface area contributed by atoms with E-state index in [2.05, 4.69) is 13.8 Å². The van der Waals surface area contributed by atoms with Crippen LogP contribution >= 0.6 is 0 Å². The molecule has 5 heteroatoms. The highest BCUT2D eigenvalue weighted by atomic mass is 16.5. The number of carbonyl (C=O) groups is 3. The Labute approximate surface area is 143 Å². The monoisotopic (exact) mass is 336 g/mol. The van der Waals surface area contributed by atoms with Crippen molar-refractivity contribution in [2.45, 2.75) is 60.0 Å². The highest BCUT2D eigenvalue weighted by Gasteiger charge is 2.54. The van der Waals surface area contributed by atoms with Gasteiger partial charge in [0.2, 0.25) is 0 Å². The fourth-order valence-corrected chi connectivity index (χ4v) is 4.57. The van der Waals surface area contributed by atoms with Gasteiger partial charge in [-0.1, -0.05) is 19.4 Å². The summed E-state index contributed by atoms with van der Waals surface area (Å²) in [7, 11) is 0. The van der Waals surface area contributed by atoms with Crippen molar-refractivity contribution in [3.05, 3.63) is 11.6 Å². The minimum Gasteiger partial charge on any atom is -0.465 e. The van der Waals surface area contributed by atoms with Crippen molar-refractivity contribution in [1.82, 2.24) is 0 Å². The Balaban J connectivity index is 2.44. The number of allylic oxidation sites excluding steroid dienone is 1. The lowest BCUT2D eigenvalue weighted by atomic mass is 9.54. The lowest BCUT2D eigenvalue weighted by Crippen LogP contribution is -2.54. The van der Waals surface area contributed by atoms with Crippen molar-refractivity contribution < 1.29 is 23.9 Å². The number of rotatable bonds is 4. The van der Waals surface area contributed by atoms with Crippen molar-refractivity contribution in [3.63, 3.8) is 0 Å². The predicted octanol–water partition coefficient (Wildman–Crippen LogP) is 3.07. The summed E-state index contributed by atoms with van der Waals surface area (Å²) < 4.78 is 11.1. The maximum absolute atomic E-state index is 12.2. The molecular weight excluding hydrogens is 308 g/mol. The molecule has 5 nitrogen and oxygen atoms in total. The van der Waals surface area contributed by atoms with Gasteiger partial charge < -0.3 is 9.47 Å². The van der Waals surface area contributed by atoms with E-state index in [-0.39, 0.29) is 42.3 Å². The topological polar surface area (TPSA) is 69.7 Å². The summed E-state index contributed by atoms with van der Waals surface area (Å²) in [5.41, 5.74) is 0.461. The molecule has 2 rings (SSSR count). The minimum atomic E-state index is -0.465. The van der Waals surface area contributed by atoms with Gasteiger partial charge in [0, 0.05) is 31.6 Å². The highest BCUT2D eigenvalue weighted by Crippen LogP contribution is 2.54. The molecule has 2 aliphatic rings. The lowest BCUT2D eigenvalue weighted by Gasteiger charge is -2.52. The standard InChI is InChI=1S/C19H28O5/c1-11(2)16-6-7-19(10-23-13(4)20)9-15(22)8-12(3)17(19)18(16)24-14(5)21/h8,11,16-18H,6-7,9-10H2,1-5H3/t16-,17-,18+,19-/m0/s1. The number of ketones is 1. The van der Waals surface area contributed by atoms with Gasteiger partial charge in [-0.25, -0.2) is 0 Å². The van der Waals surface area contributed by atoms with Crippen molar-refractivity contribution in [2.75, 3.05) is 6.61 Å². The number of ether oxygens (including phenoxy) is 2. The average molecular weight is 336 g/mol. The summed E-state index contributed by atoms with van der Waals surface area (Å²) in [4.78, 5) is 35.2. The number of carbonyl (C=O) groups excluding carboxylic acids is 3. The fraction of sp³-hybridized carbons (Fsp3) is 0.737. The van der Waals surface area contributed by atoms with Crippen LogP contribution in [0.3, 0.4) is 0 Å². The molecule has 1 fully saturated rings. The Morgan fingerprint density at radius 1 is 1.29 bits per heavy atom. The molecule has 2 aliphatic carbocycles. The smallest absolute Gasteiger partial charge is 0.302 e. The van der Waals surface area contributed by atoms with Crippen LogP contribution in [0.25, 0.3) is 0 Å². The third kappa shape index (κ3) is 3.70. The van der Waals surface area contributed by atoms with E-state index in [1.54, 1.807) is 6.08 Å². The van der Waals surface area contributed by atoms with Crippen LogP contribution in [0.2, 0.25) is 0 Å². The van der Waals surface area contributed by atoms with Crippen LogP contribution in [0.15, 0.2) is 11.6 Å². The molecule has 0 heterocycles. The molecule has 0 radical (unpaired) electrons.